The number of rotatable bonds is 13. The Morgan fingerprint density at radius 1 is 1.14 bits per heavy atom. The van der Waals surface area contributed by atoms with Crippen molar-refractivity contribution in [2.45, 2.75) is 104 Å². The van der Waals surface area contributed by atoms with Crippen molar-refractivity contribution in [3.05, 3.63) is 34.9 Å². The highest BCUT2D eigenvalue weighted by atomic mass is 32.2. The number of hydrogen-bond acceptors (Lipinski definition) is 5. The first-order valence-electron chi connectivity index (χ1n) is 13.1. The number of aryl methyl sites for hydroxylation is 2. The van der Waals surface area contributed by atoms with Crippen LogP contribution >= 0.6 is 11.8 Å². The predicted octanol–water partition coefficient (Wildman–Crippen LogP) is 5.29. The molecule has 36 heavy (non-hydrogen) atoms. The van der Waals surface area contributed by atoms with E-state index in [0.29, 0.717) is 18.7 Å². The van der Waals surface area contributed by atoms with Gasteiger partial charge in [-0.1, -0.05) is 38.0 Å². The van der Waals surface area contributed by atoms with E-state index in [-0.39, 0.29) is 17.9 Å². The van der Waals surface area contributed by atoms with Crippen molar-refractivity contribution in [1.29, 1.82) is 0 Å². The molecule has 0 radical (unpaired) electrons. The van der Waals surface area contributed by atoms with Crippen LogP contribution in [0.3, 0.4) is 0 Å². The van der Waals surface area contributed by atoms with E-state index in [1.807, 2.05) is 38.3 Å². The summed E-state index contributed by atoms with van der Waals surface area (Å²) in [5, 5.41) is 5.90. The van der Waals surface area contributed by atoms with Crippen molar-refractivity contribution in [2.24, 2.45) is 0 Å². The van der Waals surface area contributed by atoms with Crippen LogP contribution in [0.5, 0.6) is 0 Å². The fourth-order valence-electron chi connectivity index (χ4n) is 4.33. The van der Waals surface area contributed by atoms with Crippen LogP contribution in [0.1, 0.15) is 89.0 Å². The molecule has 1 fully saturated rings. The van der Waals surface area contributed by atoms with E-state index in [0.717, 1.165) is 48.8 Å². The molecule has 0 spiro atoms. The van der Waals surface area contributed by atoms with E-state index >= 15 is 0 Å². The van der Waals surface area contributed by atoms with Crippen molar-refractivity contribution >= 4 is 29.7 Å². The van der Waals surface area contributed by atoms with Gasteiger partial charge in [-0.05, 0) is 89.0 Å². The van der Waals surface area contributed by atoms with E-state index in [9.17, 15) is 14.4 Å². The maximum absolute atomic E-state index is 14.1. The number of carbonyl (C=O) groups excluding carboxylic acids is 3. The largest absolute Gasteiger partial charge is 0.444 e. The number of benzene rings is 1. The number of amides is 3. The Hall–Kier alpha value is -2.22. The standard InChI is InChI=1S/C28H45N3O4S/c1-8-9-10-17-29-25(32)24(23-19(2)12-11-13-20(23)3)31(21-14-15-21)26(33)22(16-18-36-7)30-27(34)35-28(4,5)6/h11-13,21-22,24H,8-10,14-18H2,1-7H3,(H,29,32)(H,30,34). The van der Waals surface area contributed by atoms with Gasteiger partial charge in [-0.2, -0.15) is 11.8 Å². The van der Waals surface area contributed by atoms with E-state index < -0.39 is 23.8 Å². The quantitative estimate of drug-likeness (QED) is 0.346. The molecule has 0 aliphatic heterocycles. The summed E-state index contributed by atoms with van der Waals surface area (Å²) in [5.74, 6) is 0.306. The molecule has 7 nitrogen and oxygen atoms in total. The molecular weight excluding hydrogens is 474 g/mol. The van der Waals surface area contributed by atoms with E-state index in [2.05, 4.69) is 17.6 Å². The van der Waals surface area contributed by atoms with Crippen molar-refractivity contribution in [3.8, 4) is 0 Å². The van der Waals surface area contributed by atoms with Crippen LogP contribution in [0.2, 0.25) is 0 Å². The average molecular weight is 520 g/mol. The number of unbranched alkanes of at least 4 members (excludes halogenated alkanes) is 2. The molecule has 8 heteroatoms. The number of nitrogens with one attached hydrogen (secondary N) is 2. The molecule has 2 unspecified atom stereocenters. The highest BCUT2D eigenvalue weighted by molar-refractivity contribution is 7.98. The summed E-state index contributed by atoms with van der Waals surface area (Å²) in [5.41, 5.74) is 2.14. The molecule has 0 bridgehead atoms. The van der Waals surface area contributed by atoms with Crippen LogP contribution in [0.4, 0.5) is 4.79 Å². The van der Waals surface area contributed by atoms with Crippen LogP contribution in [0.25, 0.3) is 0 Å². The van der Waals surface area contributed by atoms with Gasteiger partial charge in [0.05, 0.1) is 0 Å². The second-order valence-corrected chi connectivity index (χ2v) is 11.6. The highest BCUT2D eigenvalue weighted by Gasteiger charge is 2.44. The monoisotopic (exact) mass is 519 g/mol. The fraction of sp³-hybridized carbons (Fsp3) is 0.679. The van der Waals surface area contributed by atoms with Crippen molar-refractivity contribution in [2.75, 3.05) is 18.6 Å². The van der Waals surface area contributed by atoms with Crippen molar-refractivity contribution in [1.82, 2.24) is 15.5 Å². The van der Waals surface area contributed by atoms with E-state index in [1.165, 1.54) is 0 Å². The van der Waals surface area contributed by atoms with Crippen molar-refractivity contribution < 1.29 is 19.1 Å². The smallest absolute Gasteiger partial charge is 0.408 e. The SMILES string of the molecule is CCCCCNC(=O)C(c1c(C)cccc1C)N(C(=O)C(CCSC)NC(=O)OC(C)(C)C)C1CC1. The van der Waals surface area contributed by atoms with Gasteiger partial charge in [0.25, 0.3) is 0 Å². The number of alkyl carbamates (subject to hydrolysis) is 1. The third-order valence-electron chi connectivity index (χ3n) is 6.22. The minimum atomic E-state index is -0.771. The number of ether oxygens (including phenoxy) is 1. The summed E-state index contributed by atoms with van der Waals surface area (Å²) < 4.78 is 5.45. The third kappa shape index (κ3) is 9.02. The van der Waals surface area contributed by atoms with E-state index in [1.54, 1.807) is 37.4 Å². The normalized spacial score (nSPS) is 15.1. The number of nitrogens with zero attached hydrogens (tertiary/aromatic N) is 1. The molecule has 0 heterocycles. The topological polar surface area (TPSA) is 87.7 Å². The summed E-state index contributed by atoms with van der Waals surface area (Å²) in [6.45, 7) is 12.1. The molecule has 1 aromatic rings. The first-order chi connectivity index (χ1) is 17.0. The minimum Gasteiger partial charge on any atom is -0.444 e. The Kier molecular flexibility index (Phi) is 11.6. The highest BCUT2D eigenvalue weighted by Crippen LogP contribution is 2.38. The van der Waals surface area contributed by atoms with Gasteiger partial charge in [0.2, 0.25) is 11.8 Å². The zero-order valence-electron chi connectivity index (χ0n) is 23.1. The Labute approximate surface area is 221 Å². The summed E-state index contributed by atoms with van der Waals surface area (Å²) in [6.07, 6.45) is 6.50. The van der Waals surface area contributed by atoms with Crippen molar-refractivity contribution in [3.63, 3.8) is 0 Å². The van der Waals surface area contributed by atoms with Crippen LogP contribution in [0, 0.1) is 13.8 Å². The van der Waals surface area contributed by atoms with Crippen LogP contribution in [-0.4, -0.2) is 59.0 Å². The molecule has 202 valence electrons. The van der Waals surface area contributed by atoms with Gasteiger partial charge in [-0.15, -0.1) is 0 Å². The summed E-state index contributed by atoms with van der Waals surface area (Å²) >= 11 is 1.61. The third-order valence-corrected chi connectivity index (χ3v) is 6.86. The predicted molar refractivity (Wildman–Crippen MR) is 147 cm³/mol. The molecule has 2 N–H and O–H groups in total. The lowest BCUT2D eigenvalue weighted by atomic mass is 9.93. The second-order valence-electron chi connectivity index (χ2n) is 10.7. The minimum absolute atomic E-state index is 0.0277. The lowest BCUT2D eigenvalue weighted by Crippen LogP contribution is -2.54. The van der Waals surface area contributed by atoms with Gasteiger partial charge in [-0.25, -0.2) is 4.79 Å². The molecular formula is C28H45N3O4S. The van der Waals surface area contributed by atoms with Gasteiger partial charge in [0, 0.05) is 12.6 Å². The van der Waals surface area contributed by atoms with Gasteiger partial charge in [-0.3, -0.25) is 9.59 Å². The lowest BCUT2D eigenvalue weighted by Gasteiger charge is -2.36. The summed E-state index contributed by atoms with van der Waals surface area (Å²) in [7, 11) is 0. The van der Waals surface area contributed by atoms with Gasteiger partial charge >= 0.3 is 6.09 Å². The van der Waals surface area contributed by atoms with Gasteiger partial charge < -0.3 is 20.3 Å². The Morgan fingerprint density at radius 2 is 1.78 bits per heavy atom. The van der Waals surface area contributed by atoms with Crippen LogP contribution in [-0.2, 0) is 14.3 Å². The average Bonchev–Trinajstić information content (AvgIpc) is 3.62. The van der Waals surface area contributed by atoms with Gasteiger partial charge in [0.15, 0.2) is 0 Å². The Balaban J connectivity index is 2.43. The van der Waals surface area contributed by atoms with Crippen LogP contribution < -0.4 is 10.6 Å². The molecule has 1 aromatic carbocycles. The van der Waals surface area contributed by atoms with Gasteiger partial charge in [0.1, 0.15) is 17.7 Å². The first-order valence-corrected chi connectivity index (χ1v) is 14.5. The zero-order valence-corrected chi connectivity index (χ0v) is 23.9. The number of thioether (sulfide) groups is 1. The zero-order chi connectivity index (χ0) is 26.9. The maximum atomic E-state index is 14.1. The molecule has 2 atom stereocenters. The molecule has 3 amide bonds. The molecule has 1 aliphatic rings. The number of hydrogen-bond donors (Lipinski definition) is 2. The number of carbonyl (C=O) groups is 3. The van der Waals surface area contributed by atoms with Crippen LogP contribution in [0.15, 0.2) is 18.2 Å². The first kappa shape index (κ1) is 30.0. The maximum Gasteiger partial charge on any atom is 0.408 e. The lowest BCUT2D eigenvalue weighted by molar-refractivity contribution is -0.143. The summed E-state index contributed by atoms with van der Waals surface area (Å²) in [4.78, 5) is 42.2. The Morgan fingerprint density at radius 3 is 2.31 bits per heavy atom. The second kappa shape index (κ2) is 13.9. The molecule has 1 aliphatic carbocycles. The molecule has 1 saturated carbocycles. The molecule has 0 aromatic heterocycles. The summed E-state index contributed by atoms with van der Waals surface area (Å²) in [6, 6.07) is 4.40. The fourth-order valence-corrected chi connectivity index (χ4v) is 4.80. The molecule has 0 saturated heterocycles. The Bertz CT molecular complexity index is 875. The van der Waals surface area contributed by atoms with E-state index in [4.69, 9.17) is 4.74 Å². The molecule has 2 rings (SSSR count).